The predicted octanol–water partition coefficient (Wildman–Crippen LogP) is 2.50. The van der Waals surface area contributed by atoms with Crippen LogP contribution in [0.15, 0.2) is 24.3 Å². The monoisotopic (exact) mass is 254 g/mol. The molecule has 0 aliphatic carbocycles. The highest BCUT2D eigenvalue weighted by Gasteiger charge is 2.20. The minimum Gasteiger partial charge on any atom is -0.348 e. The molecule has 1 amide bonds. The maximum atomic E-state index is 11.8. The Balaban J connectivity index is 2.70. The smallest absolute Gasteiger partial charge is 0.237 e. The van der Waals surface area contributed by atoms with Crippen LogP contribution in [0.3, 0.4) is 0 Å². The predicted molar refractivity (Wildman–Crippen MR) is 70.8 cm³/mol. The standard InChI is InChI=1S/C13H19ClN2O/c1-8(2)12(15)13(17)16-9(3)10-6-4-5-7-11(10)14/h4-9,12H,15H2,1-3H3,(H,16,17)/t9-,12-/m0/s1. The van der Waals surface area contributed by atoms with E-state index in [4.69, 9.17) is 17.3 Å². The highest BCUT2D eigenvalue weighted by molar-refractivity contribution is 6.31. The van der Waals surface area contributed by atoms with Crippen molar-refractivity contribution in [2.75, 3.05) is 0 Å². The Morgan fingerprint density at radius 2 is 1.88 bits per heavy atom. The Hall–Kier alpha value is -1.06. The number of hydrogen-bond donors (Lipinski definition) is 2. The molecule has 3 N–H and O–H groups in total. The molecule has 4 heteroatoms. The zero-order chi connectivity index (χ0) is 13.0. The molecule has 17 heavy (non-hydrogen) atoms. The summed E-state index contributed by atoms with van der Waals surface area (Å²) in [5.41, 5.74) is 6.68. The van der Waals surface area contributed by atoms with Crippen LogP contribution in [-0.2, 0) is 4.79 Å². The van der Waals surface area contributed by atoms with Crippen molar-refractivity contribution >= 4 is 17.5 Å². The fourth-order valence-electron chi connectivity index (χ4n) is 1.52. The van der Waals surface area contributed by atoms with Crippen molar-refractivity contribution in [3.63, 3.8) is 0 Å². The molecule has 94 valence electrons. The Bertz CT molecular complexity index is 393. The molecule has 0 heterocycles. The van der Waals surface area contributed by atoms with Gasteiger partial charge in [0.15, 0.2) is 0 Å². The first kappa shape index (κ1) is 14.0. The second-order valence-electron chi connectivity index (χ2n) is 4.52. The van der Waals surface area contributed by atoms with Crippen LogP contribution in [0, 0.1) is 5.92 Å². The van der Waals surface area contributed by atoms with Crippen LogP contribution >= 0.6 is 11.6 Å². The van der Waals surface area contributed by atoms with Gasteiger partial charge in [0.05, 0.1) is 12.1 Å². The lowest BCUT2D eigenvalue weighted by Gasteiger charge is -2.20. The molecule has 0 bridgehead atoms. The fraction of sp³-hybridized carbons (Fsp3) is 0.462. The van der Waals surface area contributed by atoms with E-state index in [9.17, 15) is 4.79 Å². The molecule has 0 aliphatic rings. The van der Waals surface area contributed by atoms with E-state index in [1.807, 2.05) is 45.0 Å². The van der Waals surface area contributed by atoms with Gasteiger partial charge in [-0.25, -0.2) is 0 Å². The third-order valence-electron chi connectivity index (χ3n) is 2.75. The zero-order valence-corrected chi connectivity index (χ0v) is 11.2. The van der Waals surface area contributed by atoms with Crippen LogP contribution in [0.1, 0.15) is 32.4 Å². The van der Waals surface area contributed by atoms with Crippen molar-refractivity contribution in [1.82, 2.24) is 5.32 Å². The van der Waals surface area contributed by atoms with Crippen molar-refractivity contribution in [3.05, 3.63) is 34.9 Å². The van der Waals surface area contributed by atoms with Gasteiger partial charge in [-0.05, 0) is 24.5 Å². The Labute approximate surface area is 107 Å². The largest absolute Gasteiger partial charge is 0.348 e. The molecule has 0 fully saturated rings. The SMILES string of the molecule is CC(C)[C@H](N)C(=O)N[C@@H](C)c1ccccc1Cl. The van der Waals surface area contributed by atoms with Crippen LogP contribution in [0.5, 0.6) is 0 Å². The molecule has 0 spiro atoms. The summed E-state index contributed by atoms with van der Waals surface area (Å²) in [5.74, 6) is -0.0270. The van der Waals surface area contributed by atoms with Crippen molar-refractivity contribution in [1.29, 1.82) is 0 Å². The minimum atomic E-state index is -0.486. The average molecular weight is 255 g/mol. The van der Waals surface area contributed by atoms with E-state index in [1.54, 1.807) is 0 Å². The first-order valence-electron chi connectivity index (χ1n) is 5.74. The highest BCUT2D eigenvalue weighted by Crippen LogP contribution is 2.22. The Kier molecular flexibility index (Phi) is 4.97. The van der Waals surface area contributed by atoms with Gasteiger partial charge >= 0.3 is 0 Å². The lowest BCUT2D eigenvalue weighted by atomic mass is 10.0. The maximum Gasteiger partial charge on any atom is 0.237 e. The van der Waals surface area contributed by atoms with Crippen LogP contribution < -0.4 is 11.1 Å². The molecule has 0 aliphatic heterocycles. The van der Waals surface area contributed by atoms with Gasteiger partial charge in [0.25, 0.3) is 0 Å². The van der Waals surface area contributed by atoms with Crippen molar-refractivity contribution in [2.24, 2.45) is 11.7 Å². The normalized spacial score (nSPS) is 14.5. The molecule has 2 atom stereocenters. The summed E-state index contributed by atoms with van der Waals surface area (Å²) >= 11 is 6.06. The number of nitrogens with two attached hydrogens (primary N) is 1. The summed E-state index contributed by atoms with van der Waals surface area (Å²) in [4.78, 5) is 11.8. The molecular weight excluding hydrogens is 236 g/mol. The molecule has 0 saturated carbocycles. The van der Waals surface area contributed by atoms with E-state index in [0.29, 0.717) is 5.02 Å². The van der Waals surface area contributed by atoms with E-state index in [0.717, 1.165) is 5.56 Å². The van der Waals surface area contributed by atoms with Crippen molar-refractivity contribution in [2.45, 2.75) is 32.9 Å². The van der Waals surface area contributed by atoms with E-state index >= 15 is 0 Å². The summed E-state index contributed by atoms with van der Waals surface area (Å²) in [6, 6.07) is 6.84. The first-order valence-corrected chi connectivity index (χ1v) is 6.11. The quantitative estimate of drug-likeness (QED) is 0.868. The second kappa shape index (κ2) is 6.03. The van der Waals surface area contributed by atoms with Gasteiger partial charge in [0, 0.05) is 5.02 Å². The summed E-state index contributed by atoms with van der Waals surface area (Å²) in [5, 5.41) is 3.52. The van der Waals surface area contributed by atoms with Gasteiger partial charge in [-0.15, -0.1) is 0 Å². The van der Waals surface area contributed by atoms with Crippen molar-refractivity contribution < 1.29 is 4.79 Å². The second-order valence-corrected chi connectivity index (χ2v) is 4.93. The Morgan fingerprint density at radius 1 is 1.29 bits per heavy atom. The molecule has 0 aromatic heterocycles. The van der Waals surface area contributed by atoms with Crippen molar-refractivity contribution in [3.8, 4) is 0 Å². The van der Waals surface area contributed by atoms with E-state index in [2.05, 4.69) is 5.32 Å². The molecule has 0 unspecified atom stereocenters. The molecule has 0 radical (unpaired) electrons. The lowest BCUT2D eigenvalue weighted by Crippen LogP contribution is -2.44. The number of halogens is 1. The topological polar surface area (TPSA) is 55.1 Å². The van der Waals surface area contributed by atoms with Crippen LogP contribution in [0.25, 0.3) is 0 Å². The lowest BCUT2D eigenvalue weighted by molar-refractivity contribution is -0.123. The number of nitrogens with one attached hydrogen (secondary N) is 1. The minimum absolute atomic E-state index is 0.119. The number of carbonyl (C=O) groups excluding carboxylic acids is 1. The van der Waals surface area contributed by atoms with E-state index < -0.39 is 6.04 Å². The maximum absolute atomic E-state index is 11.8. The number of rotatable bonds is 4. The third-order valence-corrected chi connectivity index (χ3v) is 3.10. The number of hydrogen-bond acceptors (Lipinski definition) is 2. The van der Waals surface area contributed by atoms with Crippen LogP contribution in [-0.4, -0.2) is 11.9 Å². The summed E-state index contributed by atoms with van der Waals surface area (Å²) in [7, 11) is 0. The first-order chi connectivity index (χ1) is 7.93. The number of carbonyl (C=O) groups is 1. The molecule has 0 saturated heterocycles. The Morgan fingerprint density at radius 3 is 2.41 bits per heavy atom. The number of amides is 1. The van der Waals surface area contributed by atoms with Gasteiger partial charge in [-0.2, -0.15) is 0 Å². The van der Waals surface area contributed by atoms with E-state index in [1.165, 1.54) is 0 Å². The summed E-state index contributed by atoms with van der Waals surface area (Å²) < 4.78 is 0. The highest BCUT2D eigenvalue weighted by atomic mass is 35.5. The molecule has 1 aromatic carbocycles. The summed E-state index contributed by atoms with van der Waals surface area (Å²) in [6.07, 6.45) is 0. The van der Waals surface area contributed by atoms with Gasteiger partial charge in [-0.3, -0.25) is 4.79 Å². The van der Waals surface area contributed by atoms with E-state index in [-0.39, 0.29) is 17.9 Å². The van der Waals surface area contributed by atoms with Gasteiger partial charge in [0.1, 0.15) is 0 Å². The summed E-state index contributed by atoms with van der Waals surface area (Å²) in [6.45, 7) is 5.74. The van der Waals surface area contributed by atoms with Crippen LogP contribution in [0.4, 0.5) is 0 Å². The van der Waals surface area contributed by atoms with Gasteiger partial charge in [0.2, 0.25) is 5.91 Å². The molecule has 1 rings (SSSR count). The molecule has 1 aromatic rings. The number of benzene rings is 1. The van der Waals surface area contributed by atoms with Gasteiger partial charge in [-0.1, -0.05) is 43.6 Å². The van der Waals surface area contributed by atoms with Gasteiger partial charge < -0.3 is 11.1 Å². The molecule has 3 nitrogen and oxygen atoms in total. The van der Waals surface area contributed by atoms with Crippen LogP contribution in [0.2, 0.25) is 5.02 Å². The average Bonchev–Trinajstić information content (AvgIpc) is 2.28. The fourth-order valence-corrected chi connectivity index (χ4v) is 1.82. The molecular formula is C13H19ClN2O. The third kappa shape index (κ3) is 3.72. The zero-order valence-electron chi connectivity index (χ0n) is 10.4.